The molecule has 1 aliphatic carbocycles. The van der Waals surface area contributed by atoms with Crippen molar-refractivity contribution in [3.05, 3.63) is 59.9 Å². The van der Waals surface area contributed by atoms with Gasteiger partial charge in [-0.25, -0.2) is 8.42 Å². The lowest BCUT2D eigenvalue weighted by Gasteiger charge is -2.19. The van der Waals surface area contributed by atoms with Gasteiger partial charge in [0.1, 0.15) is 0 Å². The Morgan fingerprint density at radius 2 is 2.11 bits per heavy atom. The summed E-state index contributed by atoms with van der Waals surface area (Å²) < 4.78 is 27.5. The van der Waals surface area contributed by atoms with Crippen LogP contribution in [-0.4, -0.2) is 48.7 Å². The molecule has 1 aromatic carbocycles. The molecule has 1 aromatic heterocycles. The highest BCUT2D eigenvalue weighted by atomic mass is 32.2. The molecule has 1 spiro atoms. The molecule has 7 heteroatoms. The van der Waals surface area contributed by atoms with Crippen LogP contribution in [0.2, 0.25) is 0 Å². The molecule has 1 aliphatic heterocycles. The van der Waals surface area contributed by atoms with Gasteiger partial charge in [0.05, 0.1) is 17.1 Å². The number of hydrogen-bond acceptors (Lipinski definition) is 4. The molecule has 0 bridgehead atoms. The number of sulfonamides is 1. The lowest BCUT2D eigenvalue weighted by atomic mass is 10.0. The highest BCUT2D eigenvalue weighted by Gasteiger charge is 2.62. The highest BCUT2D eigenvalue weighted by Crippen LogP contribution is 2.59. The van der Waals surface area contributed by atoms with Crippen LogP contribution < -0.4 is 0 Å². The number of aryl methyl sites for hydroxylation is 1. The quantitative estimate of drug-likeness (QED) is 0.774. The van der Waals surface area contributed by atoms with E-state index in [-0.39, 0.29) is 17.2 Å². The summed E-state index contributed by atoms with van der Waals surface area (Å²) >= 11 is 0. The average molecular weight is 400 g/mol. The summed E-state index contributed by atoms with van der Waals surface area (Å²) in [6, 6.07) is 12.7. The first-order chi connectivity index (χ1) is 13.3. The molecule has 0 radical (unpaired) electrons. The summed E-state index contributed by atoms with van der Waals surface area (Å²) in [5, 5.41) is 0. The van der Waals surface area contributed by atoms with Gasteiger partial charge in [0.25, 0.3) is 0 Å². The molecular formula is C21H25N3O3S. The van der Waals surface area contributed by atoms with E-state index >= 15 is 0 Å². The van der Waals surface area contributed by atoms with Crippen LogP contribution >= 0.6 is 0 Å². The second-order valence-corrected chi connectivity index (χ2v) is 9.98. The number of aromatic nitrogens is 1. The molecule has 4 rings (SSSR count). The fourth-order valence-electron chi connectivity index (χ4n) is 4.21. The number of amides is 1. The Balaban J connectivity index is 1.42. The van der Waals surface area contributed by atoms with Crippen molar-refractivity contribution in [1.82, 2.24) is 14.2 Å². The molecule has 28 heavy (non-hydrogen) atoms. The van der Waals surface area contributed by atoms with Crippen LogP contribution in [0.3, 0.4) is 0 Å². The van der Waals surface area contributed by atoms with Gasteiger partial charge in [-0.05, 0) is 55.0 Å². The third-order valence-electron chi connectivity index (χ3n) is 5.97. The SMILES string of the molecule is Cc1cccc(S(=O)(=O)N2CC[C@@]3(C[C@H]3C(=O)N(C)Cc3ccccn3)C2)c1. The molecule has 2 aromatic rings. The molecule has 1 saturated carbocycles. The standard InChI is InChI=1S/C21H25N3O3S/c1-16-6-5-8-18(12-16)28(26,27)24-11-9-21(15-24)13-19(21)20(25)23(2)14-17-7-3-4-10-22-17/h3-8,10,12,19H,9,11,13-15H2,1-2H3/t19-,21+/m0/s1. The van der Waals surface area contributed by atoms with Crippen molar-refractivity contribution < 1.29 is 13.2 Å². The van der Waals surface area contributed by atoms with E-state index < -0.39 is 10.0 Å². The minimum atomic E-state index is -3.51. The zero-order valence-electron chi connectivity index (χ0n) is 16.2. The number of pyridine rings is 1. The fraction of sp³-hybridized carbons (Fsp3) is 0.429. The summed E-state index contributed by atoms with van der Waals surface area (Å²) in [6.07, 6.45) is 3.22. The van der Waals surface area contributed by atoms with E-state index in [1.54, 1.807) is 40.6 Å². The van der Waals surface area contributed by atoms with Crippen LogP contribution in [0, 0.1) is 18.3 Å². The second kappa shape index (κ2) is 6.97. The normalized spacial score (nSPS) is 24.4. The van der Waals surface area contributed by atoms with Crippen molar-refractivity contribution in [3.63, 3.8) is 0 Å². The van der Waals surface area contributed by atoms with Crippen molar-refractivity contribution in [2.45, 2.75) is 31.2 Å². The molecule has 0 N–H and O–H groups in total. The van der Waals surface area contributed by atoms with Crippen LogP contribution in [0.15, 0.2) is 53.6 Å². The van der Waals surface area contributed by atoms with E-state index in [1.165, 1.54) is 0 Å². The van der Waals surface area contributed by atoms with Gasteiger partial charge in [-0.2, -0.15) is 4.31 Å². The highest BCUT2D eigenvalue weighted by molar-refractivity contribution is 7.89. The predicted molar refractivity (Wildman–Crippen MR) is 106 cm³/mol. The van der Waals surface area contributed by atoms with Crippen LogP contribution in [-0.2, 0) is 21.4 Å². The molecule has 2 atom stereocenters. The average Bonchev–Trinajstić information content (AvgIpc) is 3.20. The van der Waals surface area contributed by atoms with Crippen LogP contribution in [0.1, 0.15) is 24.1 Å². The number of hydrogen-bond donors (Lipinski definition) is 0. The summed E-state index contributed by atoms with van der Waals surface area (Å²) in [4.78, 5) is 19.2. The molecule has 1 amide bonds. The zero-order chi connectivity index (χ0) is 19.9. The van der Waals surface area contributed by atoms with Crippen LogP contribution in [0.4, 0.5) is 0 Å². The Hall–Kier alpha value is -2.25. The molecule has 148 valence electrons. The number of carbonyl (C=O) groups excluding carboxylic acids is 1. The van der Waals surface area contributed by atoms with Gasteiger partial charge < -0.3 is 4.90 Å². The topological polar surface area (TPSA) is 70.6 Å². The smallest absolute Gasteiger partial charge is 0.243 e. The zero-order valence-corrected chi connectivity index (χ0v) is 17.0. The van der Waals surface area contributed by atoms with Gasteiger partial charge in [-0.15, -0.1) is 0 Å². The van der Waals surface area contributed by atoms with Gasteiger partial charge in [-0.1, -0.05) is 18.2 Å². The summed E-state index contributed by atoms with van der Waals surface area (Å²) in [5.74, 6) is -0.0145. The van der Waals surface area contributed by atoms with E-state index in [9.17, 15) is 13.2 Å². The van der Waals surface area contributed by atoms with E-state index in [1.807, 2.05) is 31.2 Å². The third-order valence-corrected chi connectivity index (χ3v) is 7.81. The summed E-state index contributed by atoms with van der Waals surface area (Å²) in [5.41, 5.74) is 1.57. The number of rotatable bonds is 5. The summed E-state index contributed by atoms with van der Waals surface area (Å²) in [6.45, 7) is 3.26. The van der Waals surface area contributed by atoms with E-state index in [0.717, 1.165) is 24.1 Å². The maximum atomic E-state index is 13.0. The Morgan fingerprint density at radius 3 is 2.82 bits per heavy atom. The van der Waals surface area contributed by atoms with Gasteiger partial charge in [0.2, 0.25) is 15.9 Å². The number of benzene rings is 1. The van der Waals surface area contributed by atoms with Crippen molar-refractivity contribution in [1.29, 1.82) is 0 Å². The Labute approximate surface area is 166 Å². The Morgan fingerprint density at radius 1 is 1.29 bits per heavy atom. The molecule has 2 fully saturated rings. The van der Waals surface area contributed by atoms with Crippen molar-refractivity contribution in [2.75, 3.05) is 20.1 Å². The minimum Gasteiger partial charge on any atom is -0.340 e. The first kappa shape index (κ1) is 19.1. The van der Waals surface area contributed by atoms with Crippen molar-refractivity contribution >= 4 is 15.9 Å². The van der Waals surface area contributed by atoms with Gasteiger partial charge >= 0.3 is 0 Å². The van der Waals surface area contributed by atoms with E-state index in [0.29, 0.717) is 24.5 Å². The predicted octanol–water partition coefficient (Wildman–Crippen LogP) is 2.45. The first-order valence-corrected chi connectivity index (χ1v) is 11.0. The Bertz CT molecular complexity index is 993. The lowest BCUT2D eigenvalue weighted by molar-refractivity contribution is -0.132. The maximum absolute atomic E-state index is 13.0. The van der Waals surface area contributed by atoms with E-state index in [4.69, 9.17) is 0 Å². The third kappa shape index (κ3) is 3.44. The fourth-order valence-corrected chi connectivity index (χ4v) is 5.86. The molecule has 6 nitrogen and oxygen atoms in total. The second-order valence-electron chi connectivity index (χ2n) is 8.04. The lowest BCUT2D eigenvalue weighted by Crippen LogP contribution is -2.32. The molecule has 2 heterocycles. The van der Waals surface area contributed by atoms with E-state index in [2.05, 4.69) is 4.98 Å². The largest absolute Gasteiger partial charge is 0.340 e. The molecule has 2 aliphatic rings. The summed E-state index contributed by atoms with van der Waals surface area (Å²) in [7, 11) is -1.72. The molecule has 0 unspecified atom stereocenters. The van der Waals surface area contributed by atoms with Crippen LogP contribution in [0.5, 0.6) is 0 Å². The Kier molecular flexibility index (Phi) is 4.75. The number of nitrogens with zero attached hydrogens (tertiary/aromatic N) is 3. The molecular weight excluding hydrogens is 374 g/mol. The maximum Gasteiger partial charge on any atom is 0.243 e. The van der Waals surface area contributed by atoms with Gasteiger partial charge in [-0.3, -0.25) is 9.78 Å². The van der Waals surface area contributed by atoms with Crippen LogP contribution in [0.25, 0.3) is 0 Å². The van der Waals surface area contributed by atoms with Crippen molar-refractivity contribution in [2.24, 2.45) is 11.3 Å². The monoisotopic (exact) mass is 399 g/mol. The van der Waals surface area contributed by atoms with Gasteiger partial charge in [0.15, 0.2) is 0 Å². The first-order valence-electron chi connectivity index (χ1n) is 9.54. The number of carbonyl (C=O) groups is 1. The van der Waals surface area contributed by atoms with Crippen molar-refractivity contribution in [3.8, 4) is 0 Å². The molecule has 1 saturated heterocycles. The van der Waals surface area contributed by atoms with Gasteiger partial charge in [0, 0.05) is 32.3 Å². The minimum absolute atomic E-state index is 0.0838.